The molecule has 158 valence electrons. The zero-order valence-corrected chi connectivity index (χ0v) is 18.1. The van der Waals surface area contributed by atoms with E-state index in [-0.39, 0.29) is 5.24 Å². The molecule has 2 fully saturated rings. The normalized spacial score (nSPS) is 18.9. The van der Waals surface area contributed by atoms with Crippen LogP contribution in [-0.2, 0) is 4.79 Å². The zero-order chi connectivity index (χ0) is 21.5. The van der Waals surface area contributed by atoms with Gasteiger partial charge in [-0.1, -0.05) is 6.07 Å². The van der Waals surface area contributed by atoms with Gasteiger partial charge in [0.25, 0.3) is 11.1 Å². The maximum Gasteiger partial charge on any atom is 0.290 e. The van der Waals surface area contributed by atoms with Gasteiger partial charge < -0.3 is 9.80 Å². The highest BCUT2D eigenvalue weighted by atomic mass is 32.2. The number of aryl methyl sites for hydroxylation is 1. The number of carbonyl (C=O) groups is 2. The van der Waals surface area contributed by atoms with E-state index in [1.807, 2.05) is 12.3 Å². The first-order chi connectivity index (χ1) is 15.0. The molecule has 31 heavy (non-hydrogen) atoms. The van der Waals surface area contributed by atoms with Gasteiger partial charge in [0.1, 0.15) is 0 Å². The summed E-state index contributed by atoms with van der Waals surface area (Å²) in [6, 6.07) is 10.1. The van der Waals surface area contributed by atoms with E-state index in [9.17, 15) is 9.59 Å². The van der Waals surface area contributed by atoms with Crippen molar-refractivity contribution < 1.29 is 9.59 Å². The highest BCUT2D eigenvalue weighted by Crippen LogP contribution is 2.29. The largest absolute Gasteiger partial charge is 0.369 e. The first-order valence-corrected chi connectivity index (χ1v) is 10.9. The van der Waals surface area contributed by atoms with Crippen LogP contribution in [0.4, 0.5) is 10.5 Å². The van der Waals surface area contributed by atoms with Gasteiger partial charge in [0, 0.05) is 37.4 Å². The summed E-state index contributed by atoms with van der Waals surface area (Å²) in [4.78, 5) is 32.8. The summed E-state index contributed by atoms with van der Waals surface area (Å²) in [5.74, 6) is -0.391. The molecular formula is C22H22N6O2S. The number of rotatable bonds is 3. The fraction of sp³-hybridized carbons (Fsp3) is 0.273. The Morgan fingerprint density at radius 2 is 1.90 bits per heavy atom. The van der Waals surface area contributed by atoms with E-state index in [1.54, 1.807) is 16.7 Å². The third-order valence-electron chi connectivity index (χ3n) is 5.64. The number of aromatic nitrogens is 3. The van der Waals surface area contributed by atoms with E-state index in [0.717, 1.165) is 54.8 Å². The van der Waals surface area contributed by atoms with Crippen molar-refractivity contribution in [3.05, 3.63) is 52.7 Å². The van der Waals surface area contributed by atoms with Crippen LogP contribution in [0.2, 0.25) is 0 Å². The molecule has 2 saturated heterocycles. The molecule has 5 rings (SSSR count). The molecule has 1 aromatic carbocycles. The van der Waals surface area contributed by atoms with Crippen molar-refractivity contribution in [2.75, 3.05) is 38.1 Å². The number of benzene rings is 1. The summed E-state index contributed by atoms with van der Waals surface area (Å²) in [5, 5.41) is 6.54. The topological polar surface area (TPSA) is 82.8 Å². The number of nitrogens with zero attached hydrogens (tertiary/aromatic N) is 5. The van der Waals surface area contributed by atoms with Crippen LogP contribution in [0.25, 0.3) is 23.0 Å². The van der Waals surface area contributed by atoms with Crippen molar-refractivity contribution in [2.45, 2.75) is 6.92 Å². The SMILES string of the molecule is Cc1cc(-c2cnc3ccc(C=C4SC(=O)NC4=O)nn23)ccc1N1CCN(C)CC1. The zero-order valence-electron chi connectivity index (χ0n) is 17.3. The van der Waals surface area contributed by atoms with Crippen molar-refractivity contribution in [3.8, 4) is 11.3 Å². The fourth-order valence-corrected chi connectivity index (χ4v) is 4.60. The minimum atomic E-state index is -0.391. The first kappa shape index (κ1) is 19.8. The highest BCUT2D eigenvalue weighted by Gasteiger charge is 2.25. The minimum Gasteiger partial charge on any atom is -0.369 e. The highest BCUT2D eigenvalue weighted by molar-refractivity contribution is 8.18. The number of imidazole rings is 1. The summed E-state index contributed by atoms with van der Waals surface area (Å²) in [6.07, 6.45) is 3.43. The number of nitrogens with one attached hydrogen (secondary N) is 1. The predicted octanol–water partition coefficient (Wildman–Crippen LogP) is 2.78. The second-order valence-corrected chi connectivity index (χ2v) is 8.83. The molecule has 0 aliphatic carbocycles. The number of hydrogen-bond donors (Lipinski definition) is 1. The van der Waals surface area contributed by atoms with Crippen LogP contribution in [0, 0.1) is 6.92 Å². The maximum absolute atomic E-state index is 11.8. The van der Waals surface area contributed by atoms with Crippen LogP contribution in [0.15, 0.2) is 41.4 Å². The average molecular weight is 435 g/mol. The Labute approximate surface area is 183 Å². The summed E-state index contributed by atoms with van der Waals surface area (Å²) >= 11 is 0.883. The molecule has 0 unspecified atom stereocenters. The minimum absolute atomic E-state index is 0.339. The molecule has 8 nitrogen and oxygen atoms in total. The molecule has 2 amide bonds. The van der Waals surface area contributed by atoms with Crippen molar-refractivity contribution >= 4 is 40.3 Å². The van der Waals surface area contributed by atoms with Gasteiger partial charge in [0.05, 0.1) is 22.5 Å². The van der Waals surface area contributed by atoms with Crippen molar-refractivity contribution in [2.24, 2.45) is 0 Å². The van der Waals surface area contributed by atoms with Gasteiger partial charge in [-0.3, -0.25) is 14.9 Å². The molecule has 0 atom stereocenters. The van der Waals surface area contributed by atoms with Gasteiger partial charge in [-0.05, 0) is 61.6 Å². The third-order valence-corrected chi connectivity index (χ3v) is 6.45. The summed E-state index contributed by atoms with van der Waals surface area (Å²) in [5.41, 5.74) is 5.69. The van der Waals surface area contributed by atoms with Crippen molar-refractivity contribution in [3.63, 3.8) is 0 Å². The number of carbonyl (C=O) groups excluding carboxylic acids is 2. The smallest absolute Gasteiger partial charge is 0.290 e. The summed E-state index contributed by atoms with van der Waals surface area (Å²) in [6.45, 7) is 6.33. The number of thioether (sulfide) groups is 1. The van der Waals surface area contributed by atoms with E-state index in [1.165, 1.54) is 11.3 Å². The molecular weight excluding hydrogens is 412 g/mol. The molecule has 1 N–H and O–H groups in total. The van der Waals surface area contributed by atoms with E-state index in [2.05, 4.69) is 57.4 Å². The number of likely N-dealkylation sites (N-methyl/N-ethyl adjacent to an activating group) is 1. The van der Waals surface area contributed by atoms with Crippen LogP contribution in [-0.4, -0.2) is 63.9 Å². The maximum atomic E-state index is 11.8. The van der Waals surface area contributed by atoms with Gasteiger partial charge in [-0.25, -0.2) is 9.50 Å². The summed E-state index contributed by atoms with van der Waals surface area (Å²) < 4.78 is 1.77. The summed E-state index contributed by atoms with van der Waals surface area (Å²) in [7, 11) is 2.16. The molecule has 0 radical (unpaired) electrons. The van der Waals surface area contributed by atoms with Crippen LogP contribution < -0.4 is 10.2 Å². The Kier molecular flexibility index (Phi) is 4.99. The van der Waals surface area contributed by atoms with Gasteiger partial charge >= 0.3 is 0 Å². The van der Waals surface area contributed by atoms with E-state index >= 15 is 0 Å². The molecule has 0 bridgehead atoms. The predicted molar refractivity (Wildman–Crippen MR) is 122 cm³/mol. The molecule has 2 aromatic heterocycles. The van der Waals surface area contributed by atoms with Crippen molar-refractivity contribution in [1.29, 1.82) is 0 Å². The number of anilines is 1. The first-order valence-electron chi connectivity index (χ1n) is 10.1. The molecule has 4 heterocycles. The molecule has 2 aliphatic heterocycles. The number of imide groups is 1. The number of fused-ring (bicyclic) bond motifs is 1. The lowest BCUT2D eigenvalue weighted by Gasteiger charge is -2.35. The molecule has 3 aromatic rings. The lowest BCUT2D eigenvalue weighted by Crippen LogP contribution is -2.44. The monoisotopic (exact) mass is 434 g/mol. The second-order valence-electron chi connectivity index (χ2n) is 7.82. The Morgan fingerprint density at radius 3 is 2.61 bits per heavy atom. The average Bonchev–Trinajstić information content (AvgIpc) is 3.31. The van der Waals surface area contributed by atoms with E-state index in [0.29, 0.717) is 10.6 Å². The Hall–Kier alpha value is -3.17. The lowest BCUT2D eigenvalue weighted by atomic mass is 10.1. The van der Waals surface area contributed by atoms with Gasteiger partial charge in [-0.15, -0.1) is 0 Å². The molecule has 9 heteroatoms. The van der Waals surface area contributed by atoms with Crippen molar-refractivity contribution in [1.82, 2.24) is 24.8 Å². The quantitative estimate of drug-likeness (QED) is 0.635. The van der Waals surface area contributed by atoms with Gasteiger partial charge in [0.15, 0.2) is 5.65 Å². The standard InChI is InChI=1S/C22H22N6O2S/c1-14-11-15(3-5-17(14)27-9-7-26(2)8-10-27)18-13-23-20-6-4-16(25-28(18)20)12-19-21(29)24-22(30)31-19/h3-6,11-13H,7-10H2,1-2H3,(H,24,29,30). The van der Waals surface area contributed by atoms with E-state index < -0.39 is 5.91 Å². The lowest BCUT2D eigenvalue weighted by molar-refractivity contribution is -0.115. The third kappa shape index (κ3) is 3.82. The number of amides is 2. The molecule has 2 aliphatic rings. The van der Waals surface area contributed by atoms with Crippen LogP contribution >= 0.6 is 11.8 Å². The number of piperazine rings is 1. The van der Waals surface area contributed by atoms with E-state index in [4.69, 9.17) is 0 Å². The molecule has 0 spiro atoms. The van der Waals surface area contributed by atoms with Crippen LogP contribution in [0.5, 0.6) is 0 Å². The van der Waals surface area contributed by atoms with Crippen LogP contribution in [0.3, 0.4) is 0 Å². The Balaban J connectivity index is 1.47. The Morgan fingerprint density at radius 1 is 1.10 bits per heavy atom. The Bertz CT molecular complexity index is 1230. The fourth-order valence-electron chi connectivity index (χ4n) is 3.93. The second kappa shape index (κ2) is 7.82. The van der Waals surface area contributed by atoms with Crippen LogP contribution in [0.1, 0.15) is 11.3 Å². The number of hydrogen-bond acceptors (Lipinski definition) is 7. The van der Waals surface area contributed by atoms with Gasteiger partial charge in [-0.2, -0.15) is 5.10 Å². The molecule has 0 saturated carbocycles. The van der Waals surface area contributed by atoms with Gasteiger partial charge in [0.2, 0.25) is 0 Å².